The molecule has 0 aromatic heterocycles. The quantitative estimate of drug-likeness (QED) is 0.629. The minimum absolute atomic E-state index is 0.0812. The molecule has 3 rings (SSSR count). The summed E-state index contributed by atoms with van der Waals surface area (Å²) in [6.07, 6.45) is 0.675. The van der Waals surface area contributed by atoms with Crippen LogP contribution in [0.2, 0.25) is 5.02 Å². The Bertz CT molecular complexity index is 1100. The first-order valence-corrected chi connectivity index (χ1v) is 11.7. The van der Waals surface area contributed by atoms with Crippen molar-refractivity contribution in [3.05, 3.63) is 53.3 Å². The number of carbonyl (C=O) groups is 2. The maximum Gasteiger partial charge on any atom is 0.250 e. The van der Waals surface area contributed by atoms with E-state index >= 15 is 0 Å². The van der Waals surface area contributed by atoms with Crippen LogP contribution in [0.1, 0.15) is 12.8 Å². The molecule has 1 heterocycles. The van der Waals surface area contributed by atoms with Gasteiger partial charge in [0.1, 0.15) is 12.4 Å². The fourth-order valence-corrected chi connectivity index (χ4v) is 5.13. The Hall–Kier alpha value is -2.53. The van der Waals surface area contributed by atoms with Gasteiger partial charge in [-0.25, -0.2) is 12.8 Å². The average molecular weight is 484 g/mol. The molecule has 2 amide bonds. The second-order valence-electron chi connectivity index (χ2n) is 7.31. The lowest BCUT2D eigenvalue weighted by Crippen LogP contribution is -2.41. The molecule has 2 aromatic rings. The van der Waals surface area contributed by atoms with Crippen molar-refractivity contribution in [1.29, 1.82) is 0 Å². The smallest absolute Gasteiger partial charge is 0.250 e. The van der Waals surface area contributed by atoms with Gasteiger partial charge in [0.25, 0.3) is 0 Å². The van der Waals surface area contributed by atoms with Crippen LogP contribution in [0.3, 0.4) is 0 Å². The molecule has 0 radical (unpaired) electrons. The van der Waals surface area contributed by atoms with Crippen LogP contribution in [0.4, 0.5) is 15.8 Å². The lowest BCUT2D eigenvalue weighted by molar-refractivity contribution is -0.121. The Morgan fingerprint density at radius 2 is 1.78 bits per heavy atom. The van der Waals surface area contributed by atoms with Crippen molar-refractivity contribution >= 4 is 44.8 Å². The highest BCUT2D eigenvalue weighted by Crippen LogP contribution is 2.27. The number of rotatable bonds is 7. The number of ether oxygens (including phenoxy) is 1. The first-order chi connectivity index (χ1) is 15.2. The zero-order chi connectivity index (χ0) is 23.3. The molecule has 0 atom stereocenters. The molecule has 0 unspecified atom stereocenters. The van der Waals surface area contributed by atoms with E-state index in [0.29, 0.717) is 24.2 Å². The molecule has 11 heteroatoms. The van der Waals surface area contributed by atoms with E-state index in [2.05, 4.69) is 10.6 Å². The van der Waals surface area contributed by atoms with Crippen molar-refractivity contribution < 1.29 is 27.1 Å². The minimum atomic E-state index is -3.83. The van der Waals surface area contributed by atoms with E-state index in [1.54, 1.807) is 24.3 Å². The number of methoxy groups -OCH3 is 1. The third-order valence-electron chi connectivity index (χ3n) is 5.04. The Labute approximate surface area is 190 Å². The third-order valence-corrected chi connectivity index (χ3v) is 7.23. The van der Waals surface area contributed by atoms with E-state index < -0.39 is 15.8 Å². The molecular formula is C21H23ClFN3O5S. The molecule has 1 saturated heterocycles. The van der Waals surface area contributed by atoms with Gasteiger partial charge >= 0.3 is 0 Å². The number of benzene rings is 2. The first kappa shape index (κ1) is 24.1. The molecule has 32 heavy (non-hydrogen) atoms. The molecule has 2 aromatic carbocycles. The molecule has 8 nitrogen and oxygen atoms in total. The average Bonchev–Trinajstić information content (AvgIpc) is 2.76. The molecule has 1 fully saturated rings. The Balaban J connectivity index is 1.59. The first-order valence-electron chi connectivity index (χ1n) is 9.85. The van der Waals surface area contributed by atoms with Gasteiger partial charge in [0.15, 0.2) is 0 Å². The van der Waals surface area contributed by atoms with Crippen molar-refractivity contribution in [2.45, 2.75) is 17.7 Å². The van der Waals surface area contributed by atoms with Crippen molar-refractivity contribution in [2.75, 3.05) is 37.4 Å². The minimum Gasteiger partial charge on any atom is -0.375 e. The Morgan fingerprint density at radius 1 is 1.12 bits per heavy atom. The van der Waals surface area contributed by atoms with Gasteiger partial charge in [0, 0.05) is 37.5 Å². The molecular weight excluding hydrogens is 461 g/mol. The number of sulfonamides is 1. The lowest BCUT2D eigenvalue weighted by atomic mass is 9.97. The number of carbonyl (C=O) groups excluding carboxylic acids is 2. The third kappa shape index (κ3) is 5.83. The van der Waals surface area contributed by atoms with E-state index in [9.17, 15) is 22.4 Å². The van der Waals surface area contributed by atoms with Gasteiger partial charge < -0.3 is 15.4 Å². The number of nitrogens with zero attached hydrogens (tertiary/aromatic N) is 1. The zero-order valence-electron chi connectivity index (χ0n) is 17.3. The molecule has 1 aliphatic heterocycles. The predicted molar refractivity (Wildman–Crippen MR) is 118 cm³/mol. The monoisotopic (exact) mass is 483 g/mol. The van der Waals surface area contributed by atoms with Gasteiger partial charge in [-0.15, -0.1) is 0 Å². The second-order valence-corrected chi connectivity index (χ2v) is 9.65. The Morgan fingerprint density at radius 3 is 2.41 bits per heavy atom. The van der Waals surface area contributed by atoms with Gasteiger partial charge in [-0.05, 0) is 49.2 Å². The summed E-state index contributed by atoms with van der Waals surface area (Å²) in [5, 5.41) is 5.20. The second kappa shape index (κ2) is 10.4. The summed E-state index contributed by atoms with van der Waals surface area (Å²) < 4.78 is 45.0. The standard InChI is InChI=1S/C21H23ClFN3O5S/c1-31-13-20(27)24-15-3-2-4-16(11-15)25-21(28)14-7-9-26(10-8-14)32(29,30)17-5-6-19(23)18(22)12-17/h2-6,11-12,14H,7-10,13H2,1H3,(H,24,27)(H,25,28). The molecule has 1 aliphatic rings. The van der Waals surface area contributed by atoms with Crippen molar-refractivity contribution in [3.63, 3.8) is 0 Å². The number of anilines is 2. The summed E-state index contributed by atoms with van der Waals surface area (Å²) >= 11 is 5.71. The van der Waals surface area contributed by atoms with Crippen LogP contribution >= 0.6 is 11.6 Å². The number of hydrogen-bond donors (Lipinski definition) is 2. The van der Waals surface area contributed by atoms with Crippen molar-refractivity contribution in [2.24, 2.45) is 5.92 Å². The highest BCUT2D eigenvalue weighted by molar-refractivity contribution is 7.89. The van der Waals surface area contributed by atoms with E-state index in [1.165, 1.54) is 17.5 Å². The molecule has 0 spiro atoms. The topological polar surface area (TPSA) is 105 Å². The largest absolute Gasteiger partial charge is 0.375 e. The number of piperidine rings is 1. The van der Waals surface area contributed by atoms with Crippen LogP contribution in [0.25, 0.3) is 0 Å². The van der Waals surface area contributed by atoms with Crippen LogP contribution in [0.5, 0.6) is 0 Å². The van der Waals surface area contributed by atoms with E-state index in [-0.39, 0.29) is 47.3 Å². The van der Waals surface area contributed by atoms with Crippen LogP contribution < -0.4 is 10.6 Å². The normalized spacial score (nSPS) is 15.3. The van der Waals surface area contributed by atoms with Gasteiger partial charge in [-0.3, -0.25) is 9.59 Å². The van der Waals surface area contributed by atoms with Gasteiger partial charge in [0.2, 0.25) is 21.8 Å². The maximum absolute atomic E-state index is 13.4. The van der Waals surface area contributed by atoms with Crippen LogP contribution in [-0.4, -0.2) is 51.3 Å². The number of hydrogen-bond acceptors (Lipinski definition) is 5. The van der Waals surface area contributed by atoms with Crippen LogP contribution in [0.15, 0.2) is 47.4 Å². The number of halogens is 2. The fourth-order valence-electron chi connectivity index (χ4n) is 3.39. The summed E-state index contributed by atoms with van der Waals surface area (Å²) in [6, 6.07) is 9.98. The number of nitrogens with one attached hydrogen (secondary N) is 2. The van der Waals surface area contributed by atoms with Gasteiger partial charge in [-0.2, -0.15) is 4.31 Å². The molecule has 172 valence electrons. The summed E-state index contributed by atoms with van der Waals surface area (Å²) in [4.78, 5) is 24.2. The zero-order valence-corrected chi connectivity index (χ0v) is 18.9. The molecule has 2 N–H and O–H groups in total. The number of amides is 2. The van der Waals surface area contributed by atoms with Crippen LogP contribution in [0, 0.1) is 11.7 Å². The van der Waals surface area contributed by atoms with E-state index in [1.807, 2.05) is 0 Å². The van der Waals surface area contributed by atoms with Crippen molar-refractivity contribution in [1.82, 2.24) is 4.31 Å². The highest BCUT2D eigenvalue weighted by atomic mass is 35.5. The summed E-state index contributed by atoms with van der Waals surface area (Å²) in [7, 11) is -2.41. The van der Waals surface area contributed by atoms with E-state index in [0.717, 1.165) is 12.1 Å². The predicted octanol–water partition coefficient (Wildman–Crippen LogP) is 3.10. The summed E-state index contributed by atoms with van der Waals surface area (Å²) in [5.41, 5.74) is 1.03. The summed E-state index contributed by atoms with van der Waals surface area (Å²) in [5.74, 6) is -1.60. The molecule has 0 aliphatic carbocycles. The Kier molecular flexibility index (Phi) is 7.83. The maximum atomic E-state index is 13.4. The summed E-state index contributed by atoms with van der Waals surface area (Å²) in [6.45, 7) is 0.229. The van der Waals surface area contributed by atoms with Crippen molar-refractivity contribution in [3.8, 4) is 0 Å². The SMILES string of the molecule is COCC(=O)Nc1cccc(NC(=O)C2CCN(S(=O)(=O)c3ccc(F)c(Cl)c3)CC2)c1. The van der Waals surface area contributed by atoms with E-state index in [4.69, 9.17) is 16.3 Å². The van der Waals surface area contributed by atoms with Crippen LogP contribution in [-0.2, 0) is 24.3 Å². The lowest BCUT2D eigenvalue weighted by Gasteiger charge is -2.30. The molecule has 0 saturated carbocycles. The highest BCUT2D eigenvalue weighted by Gasteiger charge is 2.32. The van der Waals surface area contributed by atoms with Gasteiger partial charge in [0.05, 0.1) is 9.92 Å². The molecule has 0 bridgehead atoms. The fraction of sp³-hybridized carbons (Fsp3) is 0.333. The van der Waals surface area contributed by atoms with Gasteiger partial charge in [-0.1, -0.05) is 17.7 Å².